The van der Waals surface area contributed by atoms with Crippen LogP contribution in [0.3, 0.4) is 0 Å². The van der Waals surface area contributed by atoms with E-state index in [1.807, 2.05) is 30.3 Å². The van der Waals surface area contributed by atoms with Gasteiger partial charge in [-0.1, -0.05) is 42.5 Å². The lowest BCUT2D eigenvalue weighted by Crippen LogP contribution is -2.41. The van der Waals surface area contributed by atoms with Gasteiger partial charge < -0.3 is 10.2 Å². The summed E-state index contributed by atoms with van der Waals surface area (Å²) < 4.78 is 25.1. The second-order valence-corrected chi connectivity index (χ2v) is 8.69. The first-order valence-electron chi connectivity index (χ1n) is 9.37. The molecule has 0 saturated carbocycles. The Kier molecular flexibility index (Phi) is 7.60. The number of sulfonamides is 1. The van der Waals surface area contributed by atoms with Crippen molar-refractivity contribution in [2.24, 2.45) is 0 Å². The fourth-order valence-corrected chi connectivity index (χ4v) is 3.65. The highest BCUT2D eigenvalue weighted by atomic mass is 32.2. The molecule has 2 aromatic carbocycles. The van der Waals surface area contributed by atoms with Gasteiger partial charge in [-0.25, -0.2) is 8.42 Å². The highest BCUT2D eigenvalue weighted by Gasteiger charge is 2.30. The summed E-state index contributed by atoms with van der Waals surface area (Å²) >= 11 is 0. The Hall–Kier alpha value is -2.38. The van der Waals surface area contributed by atoms with Crippen LogP contribution in [0.1, 0.15) is 31.0 Å². The van der Waals surface area contributed by atoms with Gasteiger partial charge >= 0.3 is 0 Å². The van der Waals surface area contributed by atoms with Crippen molar-refractivity contribution in [1.29, 1.82) is 0 Å². The SMILES string of the molecule is CCN(CC)c1ccc(CNC(=O)C(c2ccccc2)N(C)S(C)(=O)=O)cc1. The molecule has 2 aromatic rings. The van der Waals surface area contributed by atoms with E-state index in [1.165, 1.54) is 7.05 Å². The molecule has 2 rings (SSSR count). The third kappa shape index (κ3) is 5.56. The molecule has 0 spiro atoms. The number of amides is 1. The predicted octanol–water partition coefficient (Wildman–Crippen LogP) is 2.78. The number of anilines is 1. The third-order valence-electron chi connectivity index (χ3n) is 4.78. The predicted molar refractivity (Wildman–Crippen MR) is 114 cm³/mol. The number of hydrogen-bond donors (Lipinski definition) is 1. The zero-order valence-electron chi connectivity index (χ0n) is 16.9. The monoisotopic (exact) mass is 403 g/mol. The van der Waals surface area contributed by atoms with Gasteiger partial charge in [-0.3, -0.25) is 4.79 Å². The van der Waals surface area contributed by atoms with Crippen LogP contribution in [0, 0.1) is 0 Å². The average Bonchev–Trinajstić information content (AvgIpc) is 2.68. The van der Waals surface area contributed by atoms with Crippen molar-refractivity contribution in [2.75, 3.05) is 31.3 Å². The van der Waals surface area contributed by atoms with Gasteiger partial charge in [0.2, 0.25) is 15.9 Å². The molecule has 0 fully saturated rings. The fourth-order valence-electron chi connectivity index (χ4n) is 3.05. The fraction of sp³-hybridized carbons (Fsp3) is 0.381. The third-order valence-corrected chi connectivity index (χ3v) is 6.04. The number of likely N-dealkylation sites (N-methyl/N-ethyl adjacent to an activating group) is 1. The van der Waals surface area contributed by atoms with Crippen LogP contribution in [0.5, 0.6) is 0 Å². The Morgan fingerprint density at radius 1 is 1.00 bits per heavy atom. The molecular weight excluding hydrogens is 374 g/mol. The first kappa shape index (κ1) is 21.9. The molecule has 0 saturated heterocycles. The molecule has 1 amide bonds. The van der Waals surface area contributed by atoms with Gasteiger partial charge in [0, 0.05) is 32.4 Å². The van der Waals surface area contributed by atoms with E-state index in [-0.39, 0.29) is 5.91 Å². The van der Waals surface area contributed by atoms with Crippen molar-refractivity contribution < 1.29 is 13.2 Å². The molecule has 1 N–H and O–H groups in total. The molecule has 0 radical (unpaired) electrons. The summed E-state index contributed by atoms with van der Waals surface area (Å²) in [5.74, 6) is -0.355. The van der Waals surface area contributed by atoms with Crippen LogP contribution in [-0.4, -0.2) is 45.0 Å². The second kappa shape index (κ2) is 9.71. The maximum atomic E-state index is 12.8. The minimum absolute atomic E-state index is 0.332. The molecule has 6 nitrogen and oxygen atoms in total. The summed E-state index contributed by atoms with van der Waals surface area (Å²) in [7, 11) is -2.11. The van der Waals surface area contributed by atoms with E-state index >= 15 is 0 Å². The minimum Gasteiger partial charge on any atom is -0.372 e. The average molecular weight is 404 g/mol. The lowest BCUT2D eigenvalue weighted by molar-refractivity contribution is -0.124. The van der Waals surface area contributed by atoms with Crippen LogP contribution in [0.4, 0.5) is 5.69 Å². The van der Waals surface area contributed by atoms with E-state index in [0.29, 0.717) is 12.1 Å². The van der Waals surface area contributed by atoms with Crippen LogP contribution >= 0.6 is 0 Å². The van der Waals surface area contributed by atoms with E-state index in [2.05, 4.69) is 24.1 Å². The summed E-state index contributed by atoms with van der Waals surface area (Å²) in [5.41, 5.74) is 2.72. The Morgan fingerprint density at radius 2 is 1.57 bits per heavy atom. The van der Waals surface area contributed by atoms with Crippen LogP contribution in [0.15, 0.2) is 54.6 Å². The molecule has 28 heavy (non-hydrogen) atoms. The Bertz CT molecular complexity index is 864. The minimum atomic E-state index is -3.53. The number of nitrogens with zero attached hydrogens (tertiary/aromatic N) is 2. The van der Waals surface area contributed by atoms with Crippen molar-refractivity contribution in [2.45, 2.75) is 26.4 Å². The summed E-state index contributed by atoms with van der Waals surface area (Å²) in [5, 5.41) is 2.87. The highest BCUT2D eigenvalue weighted by molar-refractivity contribution is 7.88. The standard InChI is InChI=1S/C21H29N3O3S/c1-5-24(6-2)19-14-12-17(13-15-19)16-22-21(25)20(23(3)28(4,26)27)18-10-8-7-9-11-18/h7-15,20H,5-6,16H2,1-4H3,(H,22,25). The van der Waals surface area contributed by atoms with Gasteiger partial charge in [0.15, 0.2) is 0 Å². The Labute approximate surface area is 168 Å². The number of rotatable bonds is 9. The second-order valence-electron chi connectivity index (χ2n) is 6.65. The molecule has 7 heteroatoms. The van der Waals surface area contributed by atoms with Gasteiger partial charge in [0.25, 0.3) is 0 Å². The molecule has 0 heterocycles. The van der Waals surface area contributed by atoms with Crippen LogP contribution in [0.25, 0.3) is 0 Å². The molecular formula is C21H29N3O3S. The van der Waals surface area contributed by atoms with E-state index in [0.717, 1.165) is 34.9 Å². The molecule has 1 atom stereocenters. The van der Waals surface area contributed by atoms with E-state index in [4.69, 9.17) is 0 Å². The lowest BCUT2D eigenvalue weighted by atomic mass is 10.1. The first-order valence-corrected chi connectivity index (χ1v) is 11.2. The maximum Gasteiger partial charge on any atom is 0.243 e. The summed E-state index contributed by atoms with van der Waals surface area (Å²) in [6.07, 6.45) is 1.10. The Balaban J connectivity index is 2.14. The van der Waals surface area contributed by atoms with Crippen molar-refractivity contribution in [3.63, 3.8) is 0 Å². The highest BCUT2D eigenvalue weighted by Crippen LogP contribution is 2.22. The van der Waals surface area contributed by atoms with Gasteiger partial charge in [-0.2, -0.15) is 4.31 Å². The van der Waals surface area contributed by atoms with E-state index in [1.54, 1.807) is 24.3 Å². The molecule has 1 unspecified atom stereocenters. The number of benzene rings is 2. The van der Waals surface area contributed by atoms with Crippen LogP contribution in [0.2, 0.25) is 0 Å². The van der Waals surface area contributed by atoms with Gasteiger partial charge in [0.05, 0.1) is 6.26 Å². The summed E-state index contributed by atoms with van der Waals surface area (Å²) in [4.78, 5) is 15.1. The number of nitrogens with one attached hydrogen (secondary N) is 1. The lowest BCUT2D eigenvalue weighted by Gasteiger charge is -2.25. The zero-order chi connectivity index (χ0) is 20.7. The normalized spacial score (nSPS) is 12.6. The largest absolute Gasteiger partial charge is 0.372 e. The Morgan fingerprint density at radius 3 is 2.07 bits per heavy atom. The van der Waals surface area contributed by atoms with E-state index < -0.39 is 16.1 Å². The molecule has 152 valence electrons. The smallest absolute Gasteiger partial charge is 0.243 e. The quantitative estimate of drug-likeness (QED) is 0.699. The number of carbonyl (C=O) groups excluding carboxylic acids is 1. The molecule has 0 aliphatic rings. The van der Waals surface area contributed by atoms with Crippen molar-refractivity contribution >= 4 is 21.6 Å². The van der Waals surface area contributed by atoms with Gasteiger partial charge in [0.1, 0.15) is 6.04 Å². The van der Waals surface area contributed by atoms with Gasteiger partial charge in [-0.05, 0) is 37.1 Å². The van der Waals surface area contributed by atoms with E-state index in [9.17, 15) is 13.2 Å². The van der Waals surface area contributed by atoms with Crippen molar-refractivity contribution in [3.05, 3.63) is 65.7 Å². The number of hydrogen-bond acceptors (Lipinski definition) is 4. The number of carbonyl (C=O) groups is 1. The van der Waals surface area contributed by atoms with Crippen LogP contribution in [-0.2, 0) is 21.4 Å². The maximum absolute atomic E-state index is 12.8. The molecule has 0 aliphatic carbocycles. The van der Waals surface area contributed by atoms with Crippen LogP contribution < -0.4 is 10.2 Å². The zero-order valence-corrected chi connectivity index (χ0v) is 17.7. The molecule has 0 bridgehead atoms. The van der Waals surface area contributed by atoms with Gasteiger partial charge in [-0.15, -0.1) is 0 Å². The first-order chi connectivity index (χ1) is 13.3. The summed E-state index contributed by atoms with van der Waals surface area (Å²) in [6, 6.07) is 16.0. The molecule has 0 aromatic heterocycles. The van der Waals surface area contributed by atoms with Crippen molar-refractivity contribution in [3.8, 4) is 0 Å². The summed E-state index contributed by atoms with van der Waals surface area (Å²) in [6.45, 7) is 6.42. The molecule has 0 aliphatic heterocycles. The topological polar surface area (TPSA) is 69.7 Å². The van der Waals surface area contributed by atoms with Crippen molar-refractivity contribution in [1.82, 2.24) is 9.62 Å².